The standard InChI is InChI=1S/C35H21N3O/c1-4-15-27-22(10-1)23-11-2-5-16-28(23)38(27)29-17-7-19-31-32(29)35(24-12-3-6-18-30(24)39-31)25-13-8-20-36-33(25)34-26(35)14-9-21-37-34/h1-21H. The highest BCUT2D eigenvalue weighted by atomic mass is 16.5. The summed E-state index contributed by atoms with van der Waals surface area (Å²) in [5.41, 5.74) is 9.09. The molecule has 1 aliphatic heterocycles. The second kappa shape index (κ2) is 7.42. The van der Waals surface area contributed by atoms with Gasteiger partial charge >= 0.3 is 0 Å². The van der Waals surface area contributed by atoms with Gasteiger partial charge in [0.15, 0.2) is 0 Å². The zero-order valence-electron chi connectivity index (χ0n) is 20.9. The average Bonchev–Trinajstić information content (AvgIpc) is 3.49. The number of benzene rings is 4. The molecule has 3 aromatic heterocycles. The van der Waals surface area contributed by atoms with Crippen LogP contribution in [0.25, 0.3) is 38.9 Å². The van der Waals surface area contributed by atoms with E-state index in [0.717, 1.165) is 61.9 Å². The maximum absolute atomic E-state index is 6.70. The minimum atomic E-state index is -0.638. The Kier molecular flexibility index (Phi) is 3.96. The van der Waals surface area contributed by atoms with E-state index in [2.05, 4.69) is 102 Å². The van der Waals surface area contributed by atoms with Crippen LogP contribution in [0.5, 0.6) is 11.5 Å². The summed E-state index contributed by atoms with van der Waals surface area (Å²) in [4.78, 5) is 9.76. The molecule has 4 aromatic carbocycles. The van der Waals surface area contributed by atoms with Gasteiger partial charge < -0.3 is 9.30 Å². The molecule has 39 heavy (non-hydrogen) atoms. The maximum Gasteiger partial charge on any atom is 0.134 e. The van der Waals surface area contributed by atoms with Gasteiger partial charge in [-0.2, -0.15) is 0 Å². The molecule has 182 valence electrons. The first-order valence-corrected chi connectivity index (χ1v) is 13.2. The van der Waals surface area contributed by atoms with Crippen molar-refractivity contribution in [3.05, 3.63) is 150 Å². The summed E-state index contributed by atoms with van der Waals surface area (Å²) in [6.07, 6.45) is 3.72. The van der Waals surface area contributed by atoms with E-state index >= 15 is 0 Å². The minimum Gasteiger partial charge on any atom is -0.457 e. The molecule has 0 fully saturated rings. The number of pyridine rings is 2. The van der Waals surface area contributed by atoms with Crippen molar-refractivity contribution < 1.29 is 4.74 Å². The summed E-state index contributed by atoms with van der Waals surface area (Å²) in [5, 5.41) is 2.46. The second-order valence-electron chi connectivity index (χ2n) is 10.2. The van der Waals surface area contributed by atoms with Crippen LogP contribution in [0.4, 0.5) is 0 Å². The maximum atomic E-state index is 6.70. The summed E-state index contributed by atoms with van der Waals surface area (Å²) in [7, 11) is 0. The third-order valence-electron chi connectivity index (χ3n) is 8.36. The molecule has 0 radical (unpaired) electrons. The molecule has 0 N–H and O–H groups in total. The Bertz CT molecular complexity index is 2020. The molecule has 4 heteroatoms. The fraction of sp³-hybridized carbons (Fsp3) is 0.0286. The summed E-state index contributed by atoms with van der Waals surface area (Å²) >= 11 is 0. The van der Waals surface area contributed by atoms with E-state index in [0.29, 0.717) is 0 Å². The number of rotatable bonds is 1. The zero-order chi connectivity index (χ0) is 25.6. The second-order valence-corrected chi connectivity index (χ2v) is 10.2. The Hall–Kier alpha value is -5.22. The van der Waals surface area contributed by atoms with Crippen molar-refractivity contribution in [2.75, 3.05) is 0 Å². The lowest BCUT2D eigenvalue weighted by atomic mass is 9.66. The molecule has 2 aliphatic rings. The molecule has 9 rings (SSSR count). The van der Waals surface area contributed by atoms with Gasteiger partial charge in [-0.05, 0) is 53.6 Å². The summed E-state index contributed by atoms with van der Waals surface area (Å²) in [6, 6.07) is 40.6. The third-order valence-corrected chi connectivity index (χ3v) is 8.36. The van der Waals surface area contributed by atoms with Crippen molar-refractivity contribution in [3.63, 3.8) is 0 Å². The lowest BCUT2D eigenvalue weighted by molar-refractivity contribution is 0.435. The number of para-hydroxylation sites is 3. The number of hydrogen-bond acceptors (Lipinski definition) is 3. The fourth-order valence-electron chi connectivity index (χ4n) is 6.97. The van der Waals surface area contributed by atoms with Crippen LogP contribution < -0.4 is 4.74 Å². The fourth-order valence-corrected chi connectivity index (χ4v) is 6.97. The summed E-state index contributed by atoms with van der Waals surface area (Å²) in [6.45, 7) is 0. The molecule has 7 aromatic rings. The molecule has 0 saturated carbocycles. The van der Waals surface area contributed by atoms with Gasteiger partial charge in [-0.3, -0.25) is 9.97 Å². The van der Waals surface area contributed by atoms with Crippen LogP contribution in [0, 0.1) is 0 Å². The van der Waals surface area contributed by atoms with Gasteiger partial charge in [-0.1, -0.05) is 72.8 Å². The van der Waals surface area contributed by atoms with Gasteiger partial charge in [0.1, 0.15) is 11.5 Å². The van der Waals surface area contributed by atoms with Gasteiger partial charge in [-0.25, -0.2) is 0 Å². The smallest absolute Gasteiger partial charge is 0.134 e. The molecule has 4 nitrogen and oxygen atoms in total. The molecule has 1 spiro atoms. The van der Waals surface area contributed by atoms with Crippen LogP contribution in [0.1, 0.15) is 22.3 Å². The van der Waals surface area contributed by atoms with Crippen molar-refractivity contribution in [3.8, 4) is 28.6 Å². The number of hydrogen-bond donors (Lipinski definition) is 0. The lowest BCUT2D eigenvalue weighted by Crippen LogP contribution is -2.33. The normalized spacial score (nSPS) is 14.1. The molecule has 1 aliphatic carbocycles. The van der Waals surface area contributed by atoms with Crippen LogP contribution in [-0.2, 0) is 5.41 Å². The van der Waals surface area contributed by atoms with E-state index in [1.807, 2.05) is 30.6 Å². The molecule has 0 bridgehead atoms. The van der Waals surface area contributed by atoms with Crippen LogP contribution in [0.3, 0.4) is 0 Å². The van der Waals surface area contributed by atoms with Crippen molar-refractivity contribution in [1.29, 1.82) is 0 Å². The highest BCUT2D eigenvalue weighted by Crippen LogP contribution is 2.62. The van der Waals surface area contributed by atoms with Crippen molar-refractivity contribution in [2.45, 2.75) is 5.41 Å². The average molecular weight is 500 g/mol. The monoisotopic (exact) mass is 499 g/mol. The van der Waals surface area contributed by atoms with Gasteiger partial charge in [0.2, 0.25) is 0 Å². The van der Waals surface area contributed by atoms with E-state index in [1.54, 1.807) is 0 Å². The van der Waals surface area contributed by atoms with Gasteiger partial charge in [0.05, 0.1) is 33.5 Å². The third kappa shape index (κ3) is 2.49. The first-order chi connectivity index (χ1) is 19.4. The predicted molar refractivity (Wildman–Crippen MR) is 154 cm³/mol. The van der Waals surface area contributed by atoms with Gasteiger partial charge in [-0.15, -0.1) is 0 Å². The first kappa shape index (κ1) is 20.8. The summed E-state index contributed by atoms with van der Waals surface area (Å²) < 4.78 is 9.10. The Morgan fingerprint density at radius 3 is 1.77 bits per heavy atom. The SMILES string of the molecule is c1ccc2c(c1)Oc1cccc(-n3c4ccccc4c4ccccc43)c1C21c2cccnc2-c2ncccc21. The van der Waals surface area contributed by atoms with Crippen molar-refractivity contribution in [1.82, 2.24) is 14.5 Å². The Balaban J connectivity index is 1.51. The van der Waals surface area contributed by atoms with Crippen molar-refractivity contribution in [2.24, 2.45) is 0 Å². The number of fused-ring (bicyclic) bond motifs is 12. The first-order valence-electron chi connectivity index (χ1n) is 13.2. The minimum absolute atomic E-state index is 0.638. The molecule has 4 heterocycles. The van der Waals surface area contributed by atoms with Crippen LogP contribution in [-0.4, -0.2) is 14.5 Å². The van der Waals surface area contributed by atoms with Crippen LogP contribution >= 0.6 is 0 Å². The molecular formula is C35H21N3O. The highest BCUT2D eigenvalue weighted by Gasteiger charge is 2.53. The molecular weight excluding hydrogens is 478 g/mol. The lowest BCUT2D eigenvalue weighted by Gasteiger charge is -2.40. The Morgan fingerprint density at radius 1 is 0.513 bits per heavy atom. The molecule has 0 atom stereocenters. The highest BCUT2D eigenvalue weighted by molar-refractivity contribution is 6.09. The zero-order valence-corrected chi connectivity index (χ0v) is 20.9. The Morgan fingerprint density at radius 2 is 1.08 bits per heavy atom. The number of nitrogens with zero attached hydrogens (tertiary/aromatic N) is 3. The molecule has 0 unspecified atom stereocenters. The largest absolute Gasteiger partial charge is 0.457 e. The van der Waals surface area contributed by atoms with E-state index in [9.17, 15) is 0 Å². The van der Waals surface area contributed by atoms with Crippen LogP contribution in [0.15, 0.2) is 128 Å². The summed E-state index contributed by atoms with van der Waals surface area (Å²) in [5.74, 6) is 1.70. The quantitative estimate of drug-likeness (QED) is 0.229. The van der Waals surface area contributed by atoms with E-state index in [-0.39, 0.29) is 0 Å². The van der Waals surface area contributed by atoms with E-state index < -0.39 is 5.41 Å². The Labute approximate surface area is 224 Å². The van der Waals surface area contributed by atoms with Gasteiger partial charge in [0.25, 0.3) is 0 Å². The van der Waals surface area contributed by atoms with Gasteiger partial charge in [0, 0.05) is 34.3 Å². The molecule has 0 saturated heterocycles. The topological polar surface area (TPSA) is 39.9 Å². The van der Waals surface area contributed by atoms with E-state index in [4.69, 9.17) is 14.7 Å². The van der Waals surface area contributed by atoms with E-state index in [1.165, 1.54) is 10.8 Å². The molecule has 0 amide bonds. The van der Waals surface area contributed by atoms with Crippen molar-refractivity contribution >= 4 is 21.8 Å². The number of ether oxygens (including phenoxy) is 1. The number of aromatic nitrogens is 3. The predicted octanol–water partition coefficient (Wildman–Crippen LogP) is 8.04. The van der Waals surface area contributed by atoms with Crippen LogP contribution in [0.2, 0.25) is 0 Å².